The molecule has 0 unspecified atom stereocenters. The lowest BCUT2D eigenvalue weighted by Gasteiger charge is -1.86. The van der Waals surface area contributed by atoms with Crippen LogP contribution in [0.5, 0.6) is 0 Å². The first kappa shape index (κ1) is 11.6. The molecule has 0 aliphatic heterocycles. The molecule has 0 amide bonds. The van der Waals surface area contributed by atoms with Crippen LogP contribution in [0.15, 0.2) is 18.9 Å². The van der Waals surface area contributed by atoms with Crippen molar-refractivity contribution in [2.24, 2.45) is 0 Å². The maximum atomic E-state index is 10.7. The smallest absolute Gasteiger partial charge is 0.163 e. The van der Waals surface area contributed by atoms with Crippen molar-refractivity contribution in [3.05, 3.63) is 30.1 Å². The second-order valence-corrected chi connectivity index (χ2v) is 2.66. The summed E-state index contributed by atoms with van der Waals surface area (Å²) in [6, 6.07) is 0. The van der Waals surface area contributed by atoms with Gasteiger partial charge in [0.05, 0.1) is 11.8 Å². The van der Waals surface area contributed by atoms with Crippen LogP contribution >= 0.6 is 0 Å². The number of hydrogen-bond donors (Lipinski definition) is 1. The molecule has 1 aromatic rings. The van der Waals surface area contributed by atoms with E-state index in [1.165, 1.54) is 13.1 Å². The molecule has 0 spiro atoms. The highest BCUT2D eigenvalue weighted by Gasteiger charge is 2.02. The summed E-state index contributed by atoms with van der Waals surface area (Å²) in [5.41, 5.74) is 1.51. The minimum absolute atomic E-state index is 0.0567. The van der Waals surface area contributed by atoms with Crippen molar-refractivity contribution in [3.63, 3.8) is 0 Å². The van der Waals surface area contributed by atoms with Crippen molar-refractivity contribution < 1.29 is 4.79 Å². The first-order valence-electron chi connectivity index (χ1n) is 4.25. The number of carbonyl (C=O) groups is 1. The van der Waals surface area contributed by atoms with Gasteiger partial charge in [0.1, 0.15) is 0 Å². The lowest BCUT2D eigenvalue weighted by atomic mass is 10.2. The van der Waals surface area contributed by atoms with Crippen LogP contribution in [0.3, 0.4) is 0 Å². The van der Waals surface area contributed by atoms with Gasteiger partial charge in [-0.15, -0.1) is 6.58 Å². The van der Waals surface area contributed by atoms with Crippen molar-refractivity contribution in [1.82, 2.24) is 10.2 Å². The molecule has 3 heteroatoms. The largest absolute Gasteiger partial charge is 0.294 e. The van der Waals surface area contributed by atoms with E-state index in [-0.39, 0.29) is 5.78 Å². The Kier molecular flexibility index (Phi) is 5.52. The van der Waals surface area contributed by atoms with E-state index in [9.17, 15) is 4.79 Å². The molecule has 3 nitrogen and oxygen atoms in total. The Labute approximate surface area is 78.9 Å². The number of nitrogens with one attached hydrogen (secondary N) is 1. The summed E-state index contributed by atoms with van der Waals surface area (Å²) in [5, 5.41) is 6.38. The van der Waals surface area contributed by atoms with E-state index in [1.807, 2.05) is 13.0 Å². The number of allylic oxidation sites excluding steroid dienone is 1. The van der Waals surface area contributed by atoms with Crippen LogP contribution in [-0.4, -0.2) is 16.0 Å². The van der Waals surface area contributed by atoms with Gasteiger partial charge in [-0.2, -0.15) is 5.10 Å². The van der Waals surface area contributed by atoms with Crippen LogP contribution in [0, 0.1) is 6.92 Å². The van der Waals surface area contributed by atoms with E-state index in [4.69, 9.17) is 0 Å². The van der Waals surface area contributed by atoms with Gasteiger partial charge in [-0.1, -0.05) is 13.0 Å². The molecule has 0 aliphatic carbocycles. The van der Waals surface area contributed by atoms with Gasteiger partial charge in [-0.05, 0) is 20.3 Å². The Balaban J connectivity index is 0.000000310. The topological polar surface area (TPSA) is 45.8 Å². The van der Waals surface area contributed by atoms with Gasteiger partial charge in [0.2, 0.25) is 0 Å². The minimum Gasteiger partial charge on any atom is -0.294 e. The fourth-order valence-electron chi connectivity index (χ4n) is 0.706. The van der Waals surface area contributed by atoms with Gasteiger partial charge in [-0.3, -0.25) is 9.89 Å². The highest BCUT2D eigenvalue weighted by atomic mass is 16.1. The van der Waals surface area contributed by atoms with Gasteiger partial charge in [0.15, 0.2) is 5.78 Å². The Morgan fingerprint density at radius 2 is 2.31 bits per heavy atom. The number of nitrogens with zero attached hydrogens (tertiary/aromatic N) is 1. The molecule has 0 saturated carbocycles. The molecular formula is C10H16N2O. The van der Waals surface area contributed by atoms with Gasteiger partial charge in [0.25, 0.3) is 0 Å². The van der Waals surface area contributed by atoms with Crippen LogP contribution in [0.2, 0.25) is 0 Å². The third-order valence-electron chi connectivity index (χ3n) is 1.50. The summed E-state index contributed by atoms with van der Waals surface area (Å²) < 4.78 is 0. The van der Waals surface area contributed by atoms with E-state index in [1.54, 1.807) is 0 Å². The average Bonchev–Trinajstić information content (AvgIpc) is 2.52. The van der Waals surface area contributed by atoms with Crippen LogP contribution in [0.1, 0.15) is 36.3 Å². The fraction of sp³-hybridized carbons (Fsp3) is 0.400. The number of H-pyrrole nitrogens is 1. The van der Waals surface area contributed by atoms with Gasteiger partial charge in [0, 0.05) is 5.69 Å². The van der Waals surface area contributed by atoms with E-state index < -0.39 is 0 Å². The minimum atomic E-state index is 0.0567. The SMILES string of the molecule is C=CCC.CC(=O)c1cn[nH]c1C. The first-order valence-corrected chi connectivity index (χ1v) is 4.25. The predicted molar refractivity (Wildman–Crippen MR) is 53.8 cm³/mol. The molecule has 13 heavy (non-hydrogen) atoms. The second kappa shape index (κ2) is 6.17. The molecule has 1 rings (SSSR count). The molecule has 0 saturated heterocycles. The quantitative estimate of drug-likeness (QED) is 0.561. The highest BCUT2D eigenvalue weighted by Crippen LogP contribution is 2.01. The Morgan fingerprint density at radius 3 is 2.46 bits per heavy atom. The number of rotatable bonds is 2. The van der Waals surface area contributed by atoms with Crippen LogP contribution in [0.25, 0.3) is 0 Å². The highest BCUT2D eigenvalue weighted by molar-refractivity contribution is 5.94. The molecule has 1 heterocycles. The third kappa shape index (κ3) is 4.25. The van der Waals surface area contributed by atoms with Gasteiger partial charge in [-0.25, -0.2) is 0 Å². The van der Waals surface area contributed by atoms with Crippen molar-refractivity contribution in [2.45, 2.75) is 27.2 Å². The number of aryl methyl sites for hydroxylation is 1. The Hall–Kier alpha value is -1.38. The summed E-state index contributed by atoms with van der Waals surface area (Å²) in [6.07, 6.45) is 4.50. The number of Topliss-reactive ketones (excluding diaryl/α,β-unsaturated/α-hetero) is 1. The molecule has 1 aromatic heterocycles. The first-order chi connectivity index (χ1) is 6.13. The zero-order valence-corrected chi connectivity index (χ0v) is 8.42. The van der Waals surface area contributed by atoms with Crippen LogP contribution in [-0.2, 0) is 0 Å². The predicted octanol–water partition coefficient (Wildman–Crippen LogP) is 2.50. The normalized spacial score (nSPS) is 8.54. The van der Waals surface area contributed by atoms with E-state index in [0.29, 0.717) is 5.56 Å². The second-order valence-electron chi connectivity index (χ2n) is 2.66. The number of carbonyl (C=O) groups excluding carboxylic acids is 1. The molecule has 1 N–H and O–H groups in total. The Bertz CT molecular complexity index is 276. The summed E-state index contributed by atoms with van der Waals surface area (Å²) in [4.78, 5) is 10.7. The number of aromatic nitrogens is 2. The van der Waals surface area contributed by atoms with Crippen molar-refractivity contribution in [1.29, 1.82) is 0 Å². The number of ketones is 1. The summed E-state index contributed by atoms with van der Waals surface area (Å²) >= 11 is 0. The summed E-state index contributed by atoms with van der Waals surface area (Å²) in [7, 11) is 0. The molecular weight excluding hydrogens is 164 g/mol. The monoisotopic (exact) mass is 180 g/mol. The molecule has 0 fully saturated rings. The summed E-state index contributed by atoms with van der Waals surface area (Å²) in [5.74, 6) is 0.0567. The maximum absolute atomic E-state index is 10.7. The Morgan fingerprint density at radius 1 is 1.77 bits per heavy atom. The van der Waals surface area contributed by atoms with Crippen molar-refractivity contribution in [2.75, 3.05) is 0 Å². The number of hydrogen-bond acceptors (Lipinski definition) is 2. The standard InChI is InChI=1S/C6H8N2O.C4H8/c1-4-6(5(2)9)3-7-8-4;1-3-4-2/h3H,1-2H3,(H,7,8);3H,1,4H2,2H3. The molecule has 0 bridgehead atoms. The lowest BCUT2D eigenvalue weighted by molar-refractivity contribution is 0.101. The molecule has 0 atom stereocenters. The van der Waals surface area contributed by atoms with Crippen molar-refractivity contribution >= 4 is 5.78 Å². The molecule has 72 valence electrons. The lowest BCUT2D eigenvalue weighted by Crippen LogP contribution is -1.90. The maximum Gasteiger partial charge on any atom is 0.163 e. The van der Waals surface area contributed by atoms with E-state index in [2.05, 4.69) is 23.7 Å². The van der Waals surface area contributed by atoms with Crippen molar-refractivity contribution in [3.8, 4) is 0 Å². The van der Waals surface area contributed by atoms with E-state index in [0.717, 1.165) is 12.1 Å². The fourth-order valence-corrected chi connectivity index (χ4v) is 0.706. The zero-order valence-electron chi connectivity index (χ0n) is 8.42. The van der Waals surface area contributed by atoms with Gasteiger partial charge >= 0.3 is 0 Å². The zero-order chi connectivity index (χ0) is 10.3. The molecule has 0 aliphatic rings. The average molecular weight is 180 g/mol. The van der Waals surface area contributed by atoms with E-state index >= 15 is 0 Å². The number of aromatic amines is 1. The van der Waals surface area contributed by atoms with Gasteiger partial charge < -0.3 is 0 Å². The molecule has 0 radical (unpaired) electrons. The molecule has 0 aromatic carbocycles. The van der Waals surface area contributed by atoms with Crippen LogP contribution in [0.4, 0.5) is 0 Å². The summed E-state index contributed by atoms with van der Waals surface area (Å²) in [6.45, 7) is 8.89. The third-order valence-corrected chi connectivity index (χ3v) is 1.50. The van der Waals surface area contributed by atoms with Crippen LogP contribution < -0.4 is 0 Å².